The van der Waals surface area contributed by atoms with Crippen molar-refractivity contribution >= 4 is 23.0 Å². The maximum absolute atomic E-state index is 12.1. The average Bonchev–Trinajstić information content (AvgIpc) is 3.24. The summed E-state index contributed by atoms with van der Waals surface area (Å²) in [4.78, 5) is 17.0. The second-order valence-corrected chi connectivity index (χ2v) is 8.18. The highest BCUT2D eigenvalue weighted by Gasteiger charge is 2.10. The van der Waals surface area contributed by atoms with Gasteiger partial charge in [-0.25, -0.2) is 4.98 Å². The summed E-state index contributed by atoms with van der Waals surface area (Å²) in [5.74, 6) is 1.91. The lowest BCUT2D eigenvalue weighted by Gasteiger charge is -2.10. The van der Waals surface area contributed by atoms with Gasteiger partial charge in [0.2, 0.25) is 5.91 Å². The normalized spacial score (nSPS) is 11.2. The van der Waals surface area contributed by atoms with Crippen LogP contribution in [0.5, 0.6) is 5.75 Å². The van der Waals surface area contributed by atoms with Gasteiger partial charge in [-0.05, 0) is 55.2 Å². The summed E-state index contributed by atoms with van der Waals surface area (Å²) in [6, 6.07) is 28.0. The van der Waals surface area contributed by atoms with E-state index in [4.69, 9.17) is 9.72 Å². The number of nitrogens with one attached hydrogen (secondary N) is 1. The van der Waals surface area contributed by atoms with Crippen LogP contribution in [0.2, 0.25) is 0 Å². The standard InChI is InChI=1S/C29H31N3O2/c33-29(20-19-24-12-3-1-4-13-24)30-21-11-18-28-31-26-16-7-8-17-27(26)32(28)22-9-10-23-34-25-14-5-2-6-15-25/h1-8,12-17,19-20H,9-11,18,21-23H2,(H,30,33)/b20-19+. The van der Waals surface area contributed by atoms with E-state index in [2.05, 4.69) is 28.1 Å². The van der Waals surface area contributed by atoms with Crippen LogP contribution in [0.1, 0.15) is 30.7 Å². The molecule has 0 atom stereocenters. The highest BCUT2D eigenvalue weighted by molar-refractivity contribution is 5.91. The molecule has 4 aromatic rings. The van der Waals surface area contributed by atoms with Gasteiger partial charge in [0.15, 0.2) is 0 Å². The lowest BCUT2D eigenvalue weighted by Crippen LogP contribution is -2.22. The lowest BCUT2D eigenvalue weighted by molar-refractivity contribution is -0.116. The van der Waals surface area contributed by atoms with E-state index < -0.39 is 0 Å². The van der Waals surface area contributed by atoms with Crippen LogP contribution in [0.3, 0.4) is 0 Å². The van der Waals surface area contributed by atoms with Crippen LogP contribution >= 0.6 is 0 Å². The summed E-state index contributed by atoms with van der Waals surface area (Å²) < 4.78 is 8.14. The molecule has 5 heteroatoms. The number of aryl methyl sites for hydroxylation is 2. The zero-order chi connectivity index (χ0) is 23.4. The Morgan fingerprint density at radius 1 is 0.882 bits per heavy atom. The molecule has 1 N–H and O–H groups in total. The highest BCUT2D eigenvalue weighted by atomic mass is 16.5. The number of hydrogen-bond acceptors (Lipinski definition) is 3. The maximum atomic E-state index is 12.1. The number of para-hydroxylation sites is 3. The van der Waals surface area contributed by atoms with Gasteiger partial charge in [0.05, 0.1) is 17.6 Å². The number of fused-ring (bicyclic) bond motifs is 1. The molecule has 1 heterocycles. The molecule has 0 aliphatic rings. The molecule has 174 valence electrons. The molecule has 0 radical (unpaired) electrons. The Morgan fingerprint density at radius 3 is 2.44 bits per heavy atom. The predicted octanol–water partition coefficient (Wildman–Crippen LogP) is 5.66. The van der Waals surface area contributed by atoms with E-state index in [9.17, 15) is 4.79 Å². The van der Waals surface area contributed by atoms with E-state index in [1.807, 2.05) is 72.8 Å². The number of rotatable bonds is 12. The molecule has 0 spiro atoms. The molecule has 0 aliphatic heterocycles. The van der Waals surface area contributed by atoms with Crippen LogP contribution in [-0.4, -0.2) is 28.6 Å². The van der Waals surface area contributed by atoms with Crippen LogP contribution in [-0.2, 0) is 17.8 Å². The number of unbranched alkanes of at least 4 members (excludes halogenated alkanes) is 1. The number of hydrogen-bond donors (Lipinski definition) is 1. The first kappa shape index (κ1) is 23.3. The quantitative estimate of drug-likeness (QED) is 0.222. The SMILES string of the molecule is O=C(/C=C/c1ccccc1)NCCCc1nc2ccccc2n1CCCCOc1ccccc1. The molecule has 0 unspecified atom stereocenters. The van der Waals surface area contributed by atoms with E-state index in [-0.39, 0.29) is 5.91 Å². The smallest absolute Gasteiger partial charge is 0.243 e. The molecule has 4 rings (SSSR count). The van der Waals surface area contributed by atoms with Gasteiger partial charge < -0.3 is 14.6 Å². The lowest BCUT2D eigenvalue weighted by atomic mass is 10.2. The van der Waals surface area contributed by atoms with E-state index in [1.165, 1.54) is 0 Å². The molecule has 0 saturated heterocycles. The highest BCUT2D eigenvalue weighted by Crippen LogP contribution is 2.18. The predicted molar refractivity (Wildman–Crippen MR) is 138 cm³/mol. The topological polar surface area (TPSA) is 56.2 Å². The number of imidazole rings is 1. The van der Waals surface area contributed by atoms with Crippen molar-refractivity contribution in [3.8, 4) is 5.75 Å². The Labute approximate surface area is 201 Å². The summed E-state index contributed by atoms with van der Waals surface area (Å²) in [6.07, 6.45) is 7.06. The van der Waals surface area contributed by atoms with Crippen molar-refractivity contribution in [1.82, 2.24) is 14.9 Å². The van der Waals surface area contributed by atoms with Gasteiger partial charge in [-0.1, -0.05) is 60.7 Å². The van der Waals surface area contributed by atoms with Crippen molar-refractivity contribution in [2.24, 2.45) is 0 Å². The second kappa shape index (κ2) is 12.4. The summed E-state index contributed by atoms with van der Waals surface area (Å²) in [5.41, 5.74) is 3.20. The van der Waals surface area contributed by atoms with Crippen LogP contribution in [0, 0.1) is 0 Å². The van der Waals surface area contributed by atoms with Crippen molar-refractivity contribution in [3.05, 3.63) is 102 Å². The number of carbonyl (C=O) groups excluding carboxylic acids is 1. The number of aromatic nitrogens is 2. The molecule has 34 heavy (non-hydrogen) atoms. The van der Waals surface area contributed by atoms with Crippen molar-refractivity contribution in [2.75, 3.05) is 13.2 Å². The Hall–Kier alpha value is -3.86. The summed E-state index contributed by atoms with van der Waals surface area (Å²) in [6.45, 7) is 2.22. The van der Waals surface area contributed by atoms with E-state index >= 15 is 0 Å². The molecule has 1 aromatic heterocycles. The summed E-state index contributed by atoms with van der Waals surface area (Å²) in [7, 11) is 0. The minimum absolute atomic E-state index is 0.0734. The van der Waals surface area contributed by atoms with E-state index in [0.29, 0.717) is 13.2 Å². The molecular formula is C29H31N3O2. The van der Waals surface area contributed by atoms with Gasteiger partial charge in [0, 0.05) is 25.6 Å². The van der Waals surface area contributed by atoms with Gasteiger partial charge in [-0.15, -0.1) is 0 Å². The minimum atomic E-state index is -0.0734. The molecule has 1 amide bonds. The molecule has 0 fully saturated rings. The average molecular weight is 454 g/mol. The fourth-order valence-electron chi connectivity index (χ4n) is 3.90. The summed E-state index contributed by atoms with van der Waals surface area (Å²) in [5, 5.41) is 2.97. The number of ether oxygens (including phenoxy) is 1. The van der Waals surface area contributed by atoms with Gasteiger partial charge in [0.1, 0.15) is 11.6 Å². The van der Waals surface area contributed by atoms with E-state index in [1.54, 1.807) is 6.08 Å². The first-order valence-electron chi connectivity index (χ1n) is 11.9. The van der Waals surface area contributed by atoms with Crippen LogP contribution < -0.4 is 10.1 Å². The molecule has 0 bridgehead atoms. The van der Waals surface area contributed by atoms with Crippen LogP contribution in [0.4, 0.5) is 0 Å². The van der Waals surface area contributed by atoms with Gasteiger partial charge in [-0.2, -0.15) is 0 Å². The third kappa shape index (κ3) is 6.82. The number of amides is 1. The monoisotopic (exact) mass is 453 g/mol. The molecule has 0 saturated carbocycles. The van der Waals surface area contributed by atoms with Crippen LogP contribution in [0.25, 0.3) is 17.1 Å². The number of benzene rings is 3. The maximum Gasteiger partial charge on any atom is 0.243 e. The molecule has 3 aromatic carbocycles. The van der Waals surface area contributed by atoms with Crippen LogP contribution in [0.15, 0.2) is 91.0 Å². The third-order valence-corrected chi connectivity index (χ3v) is 5.62. The van der Waals surface area contributed by atoms with Crippen molar-refractivity contribution < 1.29 is 9.53 Å². The molecule has 5 nitrogen and oxygen atoms in total. The zero-order valence-electron chi connectivity index (χ0n) is 19.4. The Balaban J connectivity index is 1.26. The third-order valence-electron chi connectivity index (χ3n) is 5.62. The van der Waals surface area contributed by atoms with Gasteiger partial charge in [-0.3, -0.25) is 4.79 Å². The largest absolute Gasteiger partial charge is 0.494 e. The summed E-state index contributed by atoms with van der Waals surface area (Å²) >= 11 is 0. The second-order valence-electron chi connectivity index (χ2n) is 8.18. The minimum Gasteiger partial charge on any atom is -0.494 e. The zero-order valence-corrected chi connectivity index (χ0v) is 19.4. The first-order valence-corrected chi connectivity index (χ1v) is 11.9. The Kier molecular flexibility index (Phi) is 8.50. The fraction of sp³-hybridized carbons (Fsp3) is 0.241. The van der Waals surface area contributed by atoms with Gasteiger partial charge in [0.25, 0.3) is 0 Å². The van der Waals surface area contributed by atoms with Crippen molar-refractivity contribution in [2.45, 2.75) is 32.2 Å². The van der Waals surface area contributed by atoms with Crippen molar-refractivity contribution in [1.29, 1.82) is 0 Å². The Morgan fingerprint density at radius 2 is 1.62 bits per heavy atom. The number of carbonyl (C=O) groups is 1. The first-order chi connectivity index (χ1) is 16.8. The van der Waals surface area contributed by atoms with E-state index in [0.717, 1.165) is 60.4 Å². The van der Waals surface area contributed by atoms with Gasteiger partial charge >= 0.3 is 0 Å². The molecular weight excluding hydrogens is 422 g/mol. The Bertz CT molecular complexity index is 1200. The van der Waals surface area contributed by atoms with Crippen molar-refractivity contribution in [3.63, 3.8) is 0 Å². The fourth-order valence-corrected chi connectivity index (χ4v) is 3.90. The number of nitrogens with zero attached hydrogens (tertiary/aromatic N) is 2. The molecule has 0 aliphatic carbocycles.